The van der Waals surface area contributed by atoms with Crippen molar-refractivity contribution in [2.45, 2.75) is 37.8 Å². The van der Waals surface area contributed by atoms with Crippen molar-refractivity contribution in [3.8, 4) is 5.75 Å². The van der Waals surface area contributed by atoms with Crippen molar-refractivity contribution < 1.29 is 22.7 Å². The quantitative estimate of drug-likeness (QED) is 0.619. The number of carbonyl (C=O) groups is 2. The Balaban J connectivity index is 2.24. The highest BCUT2D eigenvalue weighted by Gasteiger charge is 2.26. The Morgan fingerprint density at radius 2 is 1.67 bits per heavy atom. The predicted octanol–water partition coefficient (Wildman–Crippen LogP) is 2.06. The van der Waals surface area contributed by atoms with Crippen LogP contribution in [0.3, 0.4) is 0 Å². The van der Waals surface area contributed by atoms with Crippen LogP contribution in [0.1, 0.15) is 47.1 Å². The van der Waals surface area contributed by atoms with Gasteiger partial charge in [0.2, 0.25) is 10.0 Å². The number of nitrogens with one attached hydrogen (secondary N) is 3. The molecular weight excluding hydrogens is 406 g/mol. The Hall–Kier alpha value is -2.91. The van der Waals surface area contributed by atoms with E-state index in [1.165, 1.54) is 25.3 Å². The second kappa shape index (κ2) is 9.27. The monoisotopic (exact) mass is 433 g/mol. The number of sulfonamides is 1. The van der Waals surface area contributed by atoms with Crippen LogP contribution in [0.5, 0.6) is 5.75 Å². The van der Waals surface area contributed by atoms with Crippen LogP contribution >= 0.6 is 0 Å². The van der Waals surface area contributed by atoms with Gasteiger partial charge in [-0.1, -0.05) is 12.1 Å². The van der Waals surface area contributed by atoms with Crippen LogP contribution in [0.15, 0.2) is 47.4 Å². The maximum absolute atomic E-state index is 12.8. The summed E-state index contributed by atoms with van der Waals surface area (Å²) in [5, 5.41) is 5.28. The van der Waals surface area contributed by atoms with Crippen molar-refractivity contribution in [1.29, 1.82) is 0 Å². The molecule has 0 fully saturated rings. The first-order valence-corrected chi connectivity index (χ1v) is 10.8. The van der Waals surface area contributed by atoms with E-state index in [4.69, 9.17) is 4.74 Å². The third-order valence-electron chi connectivity index (χ3n) is 4.03. The molecule has 3 N–H and O–H groups in total. The van der Waals surface area contributed by atoms with E-state index in [2.05, 4.69) is 15.4 Å². The number of rotatable bonds is 7. The lowest BCUT2D eigenvalue weighted by Crippen LogP contribution is -2.40. The van der Waals surface area contributed by atoms with Crippen LogP contribution in [-0.2, 0) is 16.6 Å². The Labute approximate surface area is 177 Å². The molecule has 162 valence electrons. The Kier molecular flexibility index (Phi) is 7.22. The summed E-state index contributed by atoms with van der Waals surface area (Å²) in [6.45, 7) is 5.35. The molecule has 0 spiro atoms. The average molecular weight is 434 g/mol. The molecule has 0 aliphatic rings. The van der Waals surface area contributed by atoms with E-state index in [1.54, 1.807) is 52.1 Å². The molecule has 2 aromatic rings. The van der Waals surface area contributed by atoms with Crippen LogP contribution < -0.4 is 20.1 Å². The van der Waals surface area contributed by atoms with Crippen LogP contribution in [0.2, 0.25) is 0 Å². The molecule has 9 heteroatoms. The minimum absolute atomic E-state index is 0.116. The highest BCUT2D eigenvalue weighted by molar-refractivity contribution is 7.89. The summed E-state index contributed by atoms with van der Waals surface area (Å²) in [4.78, 5) is 24.2. The molecule has 2 amide bonds. The molecule has 0 unspecified atom stereocenters. The molecule has 2 aromatic carbocycles. The number of ether oxygens (including phenoxy) is 1. The lowest BCUT2D eigenvalue weighted by Gasteiger charge is -2.21. The summed E-state index contributed by atoms with van der Waals surface area (Å²) in [5.41, 5.74) is 0.695. The first-order chi connectivity index (χ1) is 14.0. The van der Waals surface area contributed by atoms with Crippen molar-refractivity contribution in [2.24, 2.45) is 0 Å². The fourth-order valence-electron chi connectivity index (χ4n) is 2.74. The van der Waals surface area contributed by atoms with Gasteiger partial charge in [0.05, 0.1) is 7.11 Å². The van der Waals surface area contributed by atoms with Gasteiger partial charge in [0.15, 0.2) is 0 Å². The van der Waals surface area contributed by atoms with E-state index in [0.717, 1.165) is 5.56 Å². The molecule has 0 aliphatic carbocycles. The van der Waals surface area contributed by atoms with Gasteiger partial charge < -0.3 is 15.4 Å². The molecule has 0 saturated heterocycles. The SMILES string of the molecule is CNC(=O)c1cccc(CNC(=O)c2ccc(OC)c(S(=O)(=O)NC(C)(C)C)c2)c1. The zero-order valence-electron chi connectivity index (χ0n) is 17.7. The highest BCUT2D eigenvalue weighted by atomic mass is 32.2. The molecule has 0 saturated carbocycles. The molecule has 0 aromatic heterocycles. The van der Waals surface area contributed by atoms with Crippen molar-refractivity contribution in [1.82, 2.24) is 15.4 Å². The molecular formula is C21H27N3O5S. The zero-order chi connectivity index (χ0) is 22.5. The summed E-state index contributed by atoms with van der Waals surface area (Å²) in [6.07, 6.45) is 0. The van der Waals surface area contributed by atoms with E-state index in [1.807, 2.05) is 0 Å². The maximum Gasteiger partial charge on any atom is 0.251 e. The fourth-order valence-corrected chi connectivity index (χ4v) is 4.35. The molecule has 0 aliphatic heterocycles. The first-order valence-electron chi connectivity index (χ1n) is 9.28. The summed E-state index contributed by atoms with van der Waals surface area (Å²) in [6, 6.07) is 11.1. The molecule has 0 bridgehead atoms. The number of hydrogen-bond acceptors (Lipinski definition) is 5. The summed E-state index contributed by atoms with van der Waals surface area (Å²) >= 11 is 0. The molecule has 30 heavy (non-hydrogen) atoms. The van der Waals surface area contributed by atoms with E-state index >= 15 is 0 Å². The second-order valence-electron chi connectivity index (χ2n) is 7.68. The molecule has 8 nitrogen and oxygen atoms in total. The van der Waals surface area contributed by atoms with E-state index in [9.17, 15) is 18.0 Å². The van der Waals surface area contributed by atoms with Gasteiger partial charge in [0, 0.05) is 30.3 Å². The third kappa shape index (κ3) is 6.04. The lowest BCUT2D eigenvalue weighted by atomic mass is 10.1. The summed E-state index contributed by atoms with van der Waals surface area (Å²) in [5.74, 6) is -0.531. The number of methoxy groups -OCH3 is 1. The molecule has 0 atom stereocenters. The minimum Gasteiger partial charge on any atom is -0.495 e. The predicted molar refractivity (Wildman–Crippen MR) is 114 cm³/mol. The van der Waals surface area contributed by atoms with Gasteiger partial charge in [-0.25, -0.2) is 13.1 Å². The van der Waals surface area contributed by atoms with Crippen LogP contribution in [0.4, 0.5) is 0 Å². The van der Waals surface area contributed by atoms with E-state index in [0.29, 0.717) is 5.56 Å². The van der Waals surface area contributed by atoms with Gasteiger partial charge in [-0.2, -0.15) is 0 Å². The Morgan fingerprint density at radius 3 is 2.27 bits per heavy atom. The molecule has 2 rings (SSSR count). The second-order valence-corrected chi connectivity index (χ2v) is 9.33. The number of amides is 2. The first kappa shape index (κ1) is 23.4. The topological polar surface area (TPSA) is 114 Å². The van der Waals surface area contributed by atoms with Crippen molar-refractivity contribution in [3.05, 3.63) is 59.2 Å². The van der Waals surface area contributed by atoms with E-state index in [-0.39, 0.29) is 28.7 Å². The largest absolute Gasteiger partial charge is 0.495 e. The van der Waals surface area contributed by atoms with Gasteiger partial charge in [-0.3, -0.25) is 9.59 Å². The van der Waals surface area contributed by atoms with Gasteiger partial charge in [0.1, 0.15) is 10.6 Å². The number of carbonyl (C=O) groups excluding carboxylic acids is 2. The maximum atomic E-state index is 12.8. The van der Waals surface area contributed by atoms with Gasteiger partial charge in [-0.15, -0.1) is 0 Å². The highest BCUT2D eigenvalue weighted by Crippen LogP contribution is 2.26. The standard InChI is InChI=1S/C21H27N3O5S/c1-21(2,3)24-30(27,28)18-12-16(9-10-17(18)29-5)20(26)23-13-14-7-6-8-15(11-14)19(25)22-4/h6-12,24H,13H2,1-5H3,(H,22,25)(H,23,26). The van der Waals surface area contributed by atoms with Crippen molar-refractivity contribution >= 4 is 21.8 Å². The van der Waals surface area contributed by atoms with Crippen LogP contribution in [-0.4, -0.2) is 39.9 Å². The van der Waals surface area contributed by atoms with Gasteiger partial charge in [0.25, 0.3) is 11.8 Å². The third-order valence-corrected chi connectivity index (χ3v) is 5.80. The lowest BCUT2D eigenvalue weighted by molar-refractivity contribution is 0.0948. The molecule has 0 heterocycles. The zero-order valence-corrected chi connectivity index (χ0v) is 18.5. The molecule has 0 radical (unpaired) electrons. The van der Waals surface area contributed by atoms with Gasteiger partial charge >= 0.3 is 0 Å². The number of benzene rings is 2. The fraction of sp³-hybridized carbons (Fsp3) is 0.333. The van der Waals surface area contributed by atoms with Crippen molar-refractivity contribution in [2.75, 3.05) is 14.2 Å². The number of hydrogen-bond donors (Lipinski definition) is 3. The smallest absolute Gasteiger partial charge is 0.251 e. The van der Waals surface area contributed by atoms with Crippen LogP contribution in [0.25, 0.3) is 0 Å². The van der Waals surface area contributed by atoms with E-state index < -0.39 is 21.5 Å². The summed E-state index contributed by atoms with van der Waals surface area (Å²) in [7, 11) is -0.993. The minimum atomic E-state index is -3.90. The Bertz CT molecular complexity index is 1040. The van der Waals surface area contributed by atoms with Gasteiger partial charge in [-0.05, 0) is 56.7 Å². The summed E-state index contributed by atoms with van der Waals surface area (Å²) < 4.78 is 33.2. The van der Waals surface area contributed by atoms with Crippen molar-refractivity contribution in [3.63, 3.8) is 0 Å². The normalized spacial score (nSPS) is 11.6. The Morgan fingerprint density at radius 1 is 1.00 bits per heavy atom. The average Bonchev–Trinajstić information content (AvgIpc) is 2.69. The van der Waals surface area contributed by atoms with Crippen LogP contribution in [0, 0.1) is 0 Å².